The van der Waals surface area contributed by atoms with Gasteiger partial charge in [0.05, 0.1) is 6.61 Å². The van der Waals surface area contributed by atoms with Gasteiger partial charge in [0.1, 0.15) is 5.75 Å². The number of nitrogens with one attached hydrogen (secondary N) is 1. The van der Waals surface area contributed by atoms with Gasteiger partial charge in [0, 0.05) is 38.8 Å². The van der Waals surface area contributed by atoms with E-state index in [0.29, 0.717) is 6.04 Å². The topological polar surface area (TPSA) is 27.7 Å². The van der Waals surface area contributed by atoms with Crippen molar-refractivity contribution in [2.45, 2.75) is 19.5 Å². The smallest absolute Gasteiger partial charge is 0.119 e. The molecule has 1 aliphatic heterocycles. The van der Waals surface area contributed by atoms with Crippen molar-refractivity contribution in [1.82, 2.24) is 15.1 Å². The molecule has 0 amide bonds. The Kier molecular flexibility index (Phi) is 5.83. The summed E-state index contributed by atoms with van der Waals surface area (Å²) in [6.45, 7) is 8.16. The van der Waals surface area contributed by atoms with Crippen LogP contribution in [0.15, 0.2) is 24.3 Å². The molecule has 1 aromatic carbocycles. The van der Waals surface area contributed by atoms with E-state index in [1.165, 1.54) is 12.1 Å². The van der Waals surface area contributed by atoms with Crippen molar-refractivity contribution in [3.63, 3.8) is 0 Å². The van der Waals surface area contributed by atoms with Gasteiger partial charge in [0.2, 0.25) is 0 Å². The van der Waals surface area contributed by atoms with Crippen LogP contribution in [0.25, 0.3) is 0 Å². The summed E-state index contributed by atoms with van der Waals surface area (Å²) in [5, 5.41) is 3.56. The molecule has 4 heteroatoms. The van der Waals surface area contributed by atoms with Gasteiger partial charge in [-0.3, -0.25) is 4.90 Å². The van der Waals surface area contributed by atoms with Gasteiger partial charge in [-0.1, -0.05) is 12.1 Å². The summed E-state index contributed by atoms with van der Waals surface area (Å²) in [6, 6.07) is 8.96. The zero-order valence-corrected chi connectivity index (χ0v) is 12.9. The molecule has 1 N–H and O–H groups in total. The fraction of sp³-hybridized carbons (Fsp3) is 0.625. The van der Waals surface area contributed by atoms with E-state index in [9.17, 15) is 0 Å². The molecule has 4 nitrogen and oxygen atoms in total. The normalized spacial score (nSPS) is 21.1. The Morgan fingerprint density at radius 2 is 1.95 bits per heavy atom. The van der Waals surface area contributed by atoms with E-state index in [2.05, 4.69) is 41.3 Å². The Morgan fingerprint density at radius 1 is 1.20 bits per heavy atom. The van der Waals surface area contributed by atoms with Crippen molar-refractivity contribution in [3.05, 3.63) is 29.8 Å². The van der Waals surface area contributed by atoms with Gasteiger partial charge in [0.25, 0.3) is 0 Å². The summed E-state index contributed by atoms with van der Waals surface area (Å²) < 4.78 is 5.45. The highest BCUT2D eigenvalue weighted by Gasteiger charge is 2.21. The molecule has 20 heavy (non-hydrogen) atoms. The maximum Gasteiger partial charge on any atom is 0.119 e. The van der Waals surface area contributed by atoms with Crippen LogP contribution < -0.4 is 10.1 Å². The number of nitrogens with zero attached hydrogens (tertiary/aromatic N) is 2. The minimum atomic E-state index is 0.608. The van der Waals surface area contributed by atoms with Crippen LogP contribution in [0.5, 0.6) is 5.75 Å². The first kappa shape index (κ1) is 15.3. The molecule has 1 aliphatic rings. The van der Waals surface area contributed by atoms with Crippen LogP contribution in [0.3, 0.4) is 0 Å². The summed E-state index contributed by atoms with van der Waals surface area (Å²) in [5.74, 6) is 0.949. The zero-order valence-electron chi connectivity index (χ0n) is 12.9. The molecule has 0 spiro atoms. The Bertz CT molecular complexity index is 393. The Hall–Kier alpha value is -1.10. The third-order valence-corrected chi connectivity index (χ3v) is 3.92. The third-order valence-electron chi connectivity index (χ3n) is 3.92. The highest BCUT2D eigenvalue weighted by Crippen LogP contribution is 2.12. The predicted octanol–water partition coefficient (Wildman–Crippen LogP) is 1.42. The summed E-state index contributed by atoms with van der Waals surface area (Å²) in [5.41, 5.74) is 1.31. The van der Waals surface area contributed by atoms with Gasteiger partial charge in [-0.25, -0.2) is 0 Å². The molecule has 1 unspecified atom stereocenters. The van der Waals surface area contributed by atoms with E-state index in [1.807, 2.05) is 19.1 Å². The van der Waals surface area contributed by atoms with E-state index in [0.717, 1.165) is 38.5 Å². The summed E-state index contributed by atoms with van der Waals surface area (Å²) in [7, 11) is 4.42. The lowest BCUT2D eigenvalue weighted by molar-refractivity contribution is 0.113. The second-order valence-corrected chi connectivity index (χ2v) is 5.60. The molecule has 1 heterocycles. The number of rotatable bonds is 6. The number of hydrogen-bond donors (Lipinski definition) is 1. The van der Waals surface area contributed by atoms with E-state index in [-0.39, 0.29) is 0 Å². The van der Waals surface area contributed by atoms with Crippen LogP contribution in [0.4, 0.5) is 0 Å². The summed E-state index contributed by atoms with van der Waals surface area (Å²) in [4.78, 5) is 4.86. The fourth-order valence-corrected chi connectivity index (χ4v) is 2.58. The van der Waals surface area contributed by atoms with Crippen LogP contribution in [-0.4, -0.2) is 62.7 Å². The highest BCUT2D eigenvalue weighted by molar-refractivity contribution is 5.27. The van der Waals surface area contributed by atoms with Crippen LogP contribution in [-0.2, 0) is 6.54 Å². The van der Waals surface area contributed by atoms with Crippen molar-refractivity contribution in [2.75, 3.05) is 46.9 Å². The molecule has 1 atom stereocenters. The van der Waals surface area contributed by atoms with Crippen molar-refractivity contribution < 1.29 is 4.74 Å². The number of hydrogen-bond acceptors (Lipinski definition) is 4. The summed E-state index contributed by atoms with van der Waals surface area (Å²) >= 11 is 0. The van der Waals surface area contributed by atoms with Gasteiger partial charge in [-0.15, -0.1) is 0 Å². The second kappa shape index (κ2) is 7.62. The van der Waals surface area contributed by atoms with Crippen molar-refractivity contribution in [1.29, 1.82) is 0 Å². The molecule has 0 aromatic heterocycles. The summed E-state index contributed by atoms with van der Waals surface area (Å²) in [6.07, 6.45) is 0. The monoisotopic (exact) mass is 277 g/mol. The van der Waals surface area contributed by atoms with Crippen LogP contribution in [0.2, 0.25) is 0 Å². The number of piperazine rings is 1. The van der Waals surface area contributed by atoms with Crippen LogP contribution in [0.1, 0.15) is 12.5 Å². The van der Waals surface area contributed by atoms with E-state index < -0.39 is 0 Å². The van der Waals surface area contributed by atoms with E-state index in [4.69, 9.17) is 4.74 Å². The third kappa shape index (κ3) is 4.47. The maximum absolute atomic E-state index is 5.45. The first-order valence-corrected chi connectivity index (χ1v) is 7.50. The van der Waals surface area contributed by atoms with Gasteiger partial charge >= 0.3 is 0 Å². The van der Waals surface area contributed by atoms with Gasteiger partial charge in [0.15, 0.2) is 0 Å². The van der Waals surface area contributed by atoms with Crippen molar-refractivity contribution >= 4 is 0 Å². The Labute approximate surface area is 122 Å². The van der Waals surface area contributed by atoms with Crippen molar-refractivity contribution in [3.8, 4) is 5.75 Å². The lowest BCUT2D eigenvalue weighted by Gasteiger charge is -2.37. The molecule has 0 bridgehead atoms. The van der Waals surface area contributed by atoms with Gasteiger partial charge < -0.3 is 15.0 Å². The first-order chi connectivity index (χ1) is 9.69. The SMILES string of the molecule is CCOc1ccc(CNCC2CN(C)CCN2C)cc1. The van der Waals surface area contributed by atoms with Crippen LogP contribution in [0, 0.1) is 0 Å². The van der Waals surface area contributed by atoms with E-state index in [1.54, 1.807) is 0 Å². The highest BCUT2D eigenvalue weighted by atomic mass is 16.5. The minimum absolute atomic E-state index is 0.608. The molecule has 1 fully saturated rings. The quantitative estimate of drug-likeness (QED) is 0.851. The second-order valence-electron chi connectivity index (χ2n) is 5.60. The molecule has 0 radical (unpaired) electrons. The average Bonchev–Trinajstić information content (AvgIpc) is 2.45. The average molecular weight is 277 g/mol. The lowest BCUT2D eigenvalue weighted by atomic mass is 10.1. The number of benzene rings is 1. The molecule has 1 aromatic rings. The zero-order chi connectivity index (χ0) is 14.4. The van der Waals surface area contributed by atoms with Gasteiger partial charge in [-0.2, -0.15) is 0 Å². The molecule has 2 rings (SSSR count). The van der Waals surface area contributed by atoms with Crippen molar-refractivity contribution in [2.24, 2.45) is 0 Å². The fourth-order valence-electron chi connectivity index (χ4n) is 2.58. The lowest BCUT2D eigenvalue weighted by Crippen LogP contribution is -2.53. The predicted molar refractivity (Wildman–Crippen MR) is 83.2 cm³/mol. The molecule has 0 aliphatic carbocycles. The Morgan fingerprint density at radius 3 is 2.65 bits per heavy atom. The standard InChI is InChI=1S/C16H27N3O/c1-4-20-16-7-5-14(6-8-16)11-17-12-15-13-18(2)9-10-19(15)3/h5-8,15,17H,4,9-13H2,1-3H3. The largest absolute Gasteiger partial charge is 0.494 e. The number of ether oxygens (including phenoxy) is 1. The first-order valence-electron chi connectivity index (χ1n) is 7.50. The Balaban J connectivity index is 1.74. The molecular formula is C16H27N3O. The minimum Gasteiger partial charge on any atom is -0.494 e. The molecular weight excluding hydrogens is 250 g/mol. The number of likely N-dealkylation sites (N-methyl/N-ethyl adjacent to an activating group) is 2. The molecule has 1 saturated heterocycles. The van der Waals surface area contributed by atoms with Gasteiger partial charge in [-0.05, 0) is 38.7 Å². The van der Waals surface area contributed by atoms with Crippen LogP contribution >= 0.6 is 0 Å². The maximum atomic E-state index is 5.45. The molecule has 0 saturated carbocycles. The molecule has 112 valence electrons. The van der Waals surface area contributed by atoms with E-state index >= 15 is 0 Å².